The highest BCUT2D eigenvalue weighted by Crippen LogP contribution is 2.05. The zero-order valence-corrected chi connectivity index (χ0v) is 12.9. The summed E-state index contributed by atoms with van der Waals surface area (Å²) in [7, 11) is 0. The maximum atomic E-state index is 2.27. The van der Waals surface area contributed by atoms with Crippen LogP contribution < -0.4 is 0 Å². The highest BCUT2D eigenvalue weighted by molar-refractivity contribution is 4.79. The summed E-state index contributed by atoms with van der Waals surface area (Å²) in [6.07, 6.45) is 19.6. The minimum absolute atomic E-state index is 1.25. The Bertz CT molecular complexity index is 110. The third-order valence-corrected chi connectivity index (χ3v) is 2.78. The summed E-state index contributed by atoms with van der Waals surface area (Å²) in [5.74, 6) is 0. The van der Waals surface area contributed by atoms with Crippen LogP contribution >= 0.6 is 0 Å². The highest BCUT2D eigenvalue weighted by atomic mass is 13.9. The molecule has 0 rings (SSSR count). The van der Waals surface area contributed by atoms with Gasteiger partial charge in [0.25, 0.3) is 0 Å². The van der Waals surface area contributed by atoms with Gasteiger partial charge < -0.3 is 0 Å². The van der Waals surface area contributed by atoms with Gasteiger partial charge in [-0.2, -0.15) is 0 Å². The molecule has 0 heterocycles. The normalized spacial score (nSPS) is 10.4. The summed E-state index contributed by atoms with van der Waals surface area (Å²) in [5.41, 5.74) is 0. The second kappa shape index (κ2) is 21.1. The lowest BCUT2D eigenvalue weighted by atomic mass is 10.1. The number of hydrogen-bond donors (Lipinski definition) is 0. The van der Waals surface area contributed by atoms with Crippen molar-refractivity contribution in [2.24, 2.45) is 0 Å². The standard InChI is InChI=1S/C9H20.C8H16/c1-3-5-7-9-8-6-4-2;1-3-5-7-8-6-4-2/h3-9H2,1-2H3;7-8H,3-6H2,1-2H3/b;8-7+. The van der Waals surface area contributed by atoms with Gasteiger partial charge in [-0.15, -0.1) is 0 Å². The summed E-state index contributed by atoms with van der Waals surface area (Å²) in [4.78, 5) is 0. The lowest BCUT2D eigenvalue weighted by Gasteiger charge is -1.96. The molecule has 0 aromatic heterocycles. The molecule has 17 heavy (non-hydrogen) atoms. The molecule has 0 nitrogen and oxygen atoms in total. The van der Waals surface area contributed by atoms with Gasteiger partial charge in [0.15, 0.2) is 0 Å². The van der Waals surface area contributed by atoms with Crippen LogP contribution in [0.1, 0.15) is 98.3 Å². The fourth-order valence-corrected chi connectivity index (χ4v) is 1.60. The number of rotatable bonds is 10. The second-order valence-electron chi connectivity index (χ2n) is 4.82. The smallest absolute Gasteiger partial charge is 0.0353 e. The molecular formula is C17H36. The molecule has 0 spiro atoms. The van der Waals surface area contributed by atoms with Crippen molar-refractivity contribution in [3.05, 3.63) is 12.2 Å². The zero-order valence-electron chi connectivity index (χ0n) is 12.9. The molecule has 0 aromatic rings. The van der Waals surface area contributed by atoms with Gasteiger partial charge in [-0.1, -0.05) is 97.6 Å². The summed E-state index contributed by atoms with van der Waals surface area (Å²) < 4.78 is 0. The van der Waals surface area contributed by atoms with E-state index in [1.807, 2.05) is 0 Å². The van der Waals surface area contributed by atoms with Gasteiger partial charge in [-0.3, -0.25) is 0 Å². The maximum Gasteiger partial charge on any atom is -0.0353 e. The molecule has 0 saturated carbocycles. The van der Waals surface area contributed by atoms with Crippen molar-refractivity contribution < 1.29 is 0 Å². The van der Waals surface area contributed by atoms with Gasteiger partial charge in [0.05, 0.1) is 0 Å². The molecule has 0 unspecified atom stereocenters. The van der Waals surface area contributed by atoms with Gasteiger partial charge in [-0.05, 0) is 12.8 Å². The molecule has 0 bridgehead atoms. The summed E-state index contributed by atoms with van der Waals surface area (Å²) in [6, 6.07) is 0. The van der Waals surface area contributed by atoms with Crippen LogP contribution in [0.3, 0.4) is 0 Å². The lowest BCUT2D eigenvalue weighted by Crippen LogP contribution is -1.76. The predicted octanol–water partition coefficient (Wildman–Crippen LogP) is 6.90. The van der Waals surface area contributed by atoms with Crippen molar-refractivity contribution in [2.75, 3.05) is 0 Å². The minimum atomic E-state index is 1.25. The molecule has 0 heteroatoms. The molecule has 104 valence electrons. The SMILES string of the molecule is CCC/C=C/CCC.CCCCCCCCC. The van der Waals surface area contributed by atoms with Gasteiger partial charge in [0, 0.05) is 0 Å². The third-order valence-electron chi connectivity index (χ3n) is 2.78. The molecule has 0 atom stereocenters. The molecule has 0 amide bonds. The van der Waals surface area contributed by atoms with Crippen LogP contribution in [0, 0.1) is 0 Å². The first-order valence-electron chi connectivity index (χ1n) is 7.98. The Labute approximate surface area is 111 Å². The van der Waals surface area contributed by atoms with Crippen LogP contribution in [0.5, 0.6) is 0 Å². The van der Waals surface area contributed by atoms with E-state index in [2.05, 4.69) is 39.8 Å². The quantitative estimate of drug-likeness (QED) is 0.288. The van der Waals surface area contributed by atoms with Gasteiger partial charge in [0.1, 0.15) is 0 Å². The fourth-order valence-electron chi connectivity index (χ4n) is 1.60. The van der Waals surface area contributed by atoms with Crippen molar-refractivity contribution in [3.63, 3.8) is 0 Å². The average Bonchev–Trinajstić information content (AvgIpc) is 2.36. The van der Waals surface area contributed by atoms with E-state index in [-0.39, 0.29) is 0 Å². The first kappa shape index (κ1) is 19.1. The lowest BCUT2D eigenvalue weighted by molar-refractivity contribution is 0.602. The topological polar surface area (TPSA) is 0 Å². The van der Waals surface area contributed by atoms with Crippen LogP contribution in [0.4, 0.5) is 0 Å². The van der Waals surface area contributed by atoms with Crippen molar-refractivity contribution in [2.45, 2.75) is 98.3 Å². The highest BCUT2D eigenvalue weighted by Gasteiger charge is 1.85. The van der Waals surface area contributed by atoms with E-state index >= 15 is 0 Å². The Morgan fingerprint density at radius 1 is 0.471 bits per heavy atom. The predicted molar refractivity (Wildman–Crippen MR) is 82.6 cm³/mol. The molecule has 0 aromatic carbocycles. The molecule has 0 aliphatic heterocycles. The van der Waals surface area contributed by atoms with E-state index < -0.39 is 0 Å². The molecule has 0 aliphatic rings. The Kier molecular flexibility index (Phi) is 23.7. The summed E-state index contributed by atoms with van der Waals surface area (Å²) in [6.45, 7) is 8.94. The van der Waals surface area contributed by atoms with Crippen molar-refractivity contribution in [3.8, 4) is 0 Å². The average molecular weight is 240 g/mol. The van der Waals surface area contributed by atoms with Crippen molar-refractivity contribution in [1.82, 2.24) is 0 Å². The van der Waals surface area contributed by atoms with E-state index in [1.54, 1.807) is 0 Å². The molecule has 0 saturated heterocycles. The molecular weight excluding hydrogens is 204 g/mol. The minimum Gasteiger partial charge on any atom is -0.0885 e. The van der Waals surface area contributed by atoms with E-state index in [1.165, 1.54) is 70.6 Å². The van der Waals surface area contributed by atoms with Gasteiger partial charge in [0.2, 0.25) is 0 Å². The first-order chi connectivity index (χ1) is 8.33. The second-order valence-corrected chi connectivity index (χ2v) is 4.82. The largest absolute Gasteiger partial charge is 0.0885 e. The fraction of sp³-hybridized carbons (Fsp3) is 0.882. The van der Waals surface area contributed by atoms with Crippen LogP contribution in [-0.4, -0.2) is 0 Å². The number of hydrogen-bond acceptors (Lipinski definition) is 0. The molecule has 0 radical (unpaired) electrons. The van der Waals surface area contributed by atoms with Gasteiger partial charge in [-0.25, -0.2) is 0 Å². The third kappa shape index (κ3) is 25.8. The maximum absolute atomic E-state index is 2.27. The summed E-state index contributed by atoms with van der Waals surface area (Å²) >= 11 is 0. The first-order valence-corrected chi connectivity index (χ1v) is 7.98. The Morgan fingerprint density at radius 2 is 0.824 bits per heavy atom. The van der Waals surface area contributed by atoms with E-state index in [0.29, 0.717) is 0 Å². The van der Waals surface area contributed by atoms with Crippen molar-refractivity contribution in [1.29, 1.82) is 0 Å². The van der Waals surface area contributed by atoms with E-state index in [4.69, 9.17) is 0 Å². The number of allylic oxidation sites excluding steroid dienone is 2. The van der Waals surface area contributed by atoms with Crippen LogP contribution in [0.2, 0.25) is 0 Å². The molecule has 0 fully saturated rings. The van der Waals surface area contributed by atoms with Gasteiger partial charge >= 0.3 is 0 Å². The Hall–Kier alpha value is -0.260. The van der Waals surface area contributed by atoms with E-state index in [0.717, 1.165) is 0 Å². The van der Waals surface area contributed by atoms with E-state index in [9.17, 15) is 0 Å². The monoisotopic (exact) mass is 240 g/mol. The van der Waals surface area contributed by atoms with Crippen LogP contribution in [0.25, 0.3) is 0 Å². The Balaban J connectivity index is 0. The summed E-state index contributed by atoms with van der Waals surface area (Å²) in [5, 5.41) is 0. The van der Waals surface area contributed by atoms with Crippen molar-refractivity contribution >= 4 is 0 Å². The molecule has 0 aliphatic carbocycles. The molecule has 0 N–H and O–H groups in total. The number of unbranched alkanes of at least 4 members (excludes halogenated alkanes) is 8. The van der Waals surface area contributed by atoms with Crippen LogP contribution in [0.15, 0.2) is 12.2 Å². The zero-order chi connectivity index (χ0) is 13.2. The van der Waals surface area contributed by atoms with Crippen LogP contribution in [-0.2, 0) is 0 Å². The Morgan fingerprint density at radius 3 is 1.12 bits per heavy atom.